The minimum atomic E-state index is -0.196. The molecule has 0 radical (unpaired) electrons. The Hall–Kier alpha value is -2.09. The van der Waals surface area contributed by atoms with Crippen molar-refractivity contribution in [2.45, 2.75) is 12.8 Å². The Morgan fingerprint density at radius 2 is 2.53 bits per heavy atom. The number of H-pyrrole nitrogens is 1. The van der Waals surface area contributed by atoms with Crippen LogP contribution in [-0.4, -0.2) is 40.9 Å². The van der Waals surface area contributed by atoms with E-state index >= 15 is 0 Å². The Morgan fingerprint density at radius 1 is 1.76 bits per heavy atom. The van der Waals surface area contributed by atoms with Gasteiger partial charge in [0.2, 0.25) is 5.91 Å². The highest BCUT2D eigenvalue weighted by molar-refractivity contribution is 6.04. The number of carbonyl (C=O) groups excluding carboxylic acids is 1. The molecule has 0 saturated carbocycles. The van der Waals surface area contributed by atoms with Gasteiger partial charge in [0.25, 0.3) is 0 Å². The van der Waals surface area contributed by atoms with Crippen LogP contribution in [0.1, 0.15) is 18.4 Å². The number of carbonyl (C=O) groups is 1. The van der Waals surface area contributed by atoms with Gasteiger partial charge in [-0.3, -0.25) is 9.89 Å². The number of aromatic amines is 1. The smallest absolute Gasteiger partial charge is 0.225 e. The van der Waals surface area contributed by atoms with Gasteiger partial charge in [0.1, 0.15) is 5.82 Å². The van der Waals surface area contributed by atoms with E-state index in [0.29, 0.717) is 30.8 Å². The minimum absolute atomic E-state index is 0.119. The number of hydrogen-bond donors (Lipinski definition) is 4. The number of nitrogens with one attached hydrogen (secondary N) is 2. The molecule has 0 saturated heterocycles. The number of aromatic nitrogens is 2. The van der Waals surface area contributed by atoms with Gasteiger partial charge >= 0.3 is 0 Å². The van der Waals surface area contributed by atoms with Crippen LogP contribution in [0.4, 0.5) is 5.82 Å². The standard InChI is InChI=1S/C9H15N5O3/c1-17-4-2-3-7(15)12-9-6(5-11-13-9)8(10)14-16/h5,16H,2-4H2,1H3,(H2,10,14)(H2,11,12,13,15). The number of hydrogen-bond acceptors (Lipinski definition) is 5. The Bertz CT molecular complexity index is 401. The Balaban J connectivity index is 2.57. The van der Waals surface area contributed by atoms with Gasteiger partial charge in [-0.05, 0) is 6.42 Å². The van der Waals surface area contributed by atoms with Crippen LogP contribution in [0.25, 0.3) is 0 Å². The molecule has 1 rings (SSSR count). The van der Waals surface area contributed by atoms with Crippen molar-refractivity contribution in [3.8, 4) is 0 Å². The van der Waals surface area contributed by atoms with E-state index in [1.54, 1.807) is 7.11 Å². The van der Waals surface area contributed by atoms with Crippen molar-refractivity contribution in [3.05, 3.63) is 11.8 Å². The number of rotatable bonds is 6. The molecule has 0 spiro atoms. The van der Waals surface area contributed by atoms with Crippen LogP contribution in [0.2, 0.25) is 0 Å². The normalized spacial score (nSPS) is 11.5. The van der Waals surface area contributed by atoms with Gasteiger partial charge in [0, 0.05) is 20.1 Å². The second-order valence-electron chi connectivity index (χ2n) is 3.29. The maximum Gasteiger partial charge on any atom is 0.225 e. The third-order valence-electron chi connectivity index (χ3n) is 2.04. The molecular formula is C9H15N5O3. The topological polar surface area (TPSA) is 126 Å². The van der Waals surface area contributed by atoms with Crippen molar-refractivity contribution >= 4 is 17.6 Å². The molecule has 0 unspecified atom stereocenters. The second-order valence-corrected chi connectivity index (χ2v) is 3.29. The molecule has 1 amide bonds. The molecule has 5 N–H and O–H groups in total. The molecule has 1 heterocycles. The monoisotopic (exact) mass is 241 g/mol. The van der Waals surface area contributed by atoms with Crippen LogP contribution < -0.4 is 11.1 Å². The third kappa shape index (κ3) is 3.76. The number of nitrogens with zero attached hydrogens (tertiary/aromatic N) is 2. The highest BCUT2D eigenvalue weighted by Gasteiger charge is 2.12. The summed E-state index contributed by atoms with van der Waals surface area (Å²) in [4.78, 5) is 11.5. The molecule has 8 heteroatoms. The number of methoxy groups -OCH3 is 1. The lowest BCUT2D eigenvalue weighted by atomic mass is 10.2. The fraction of sp³-hybridized carbons (Fsp3) is 0.444. The summed E-state index contributed by atoms with van der Waals surface area (Å²) in [6, 6.07) is 0. The maximum atomic E-state index is 11.5. The fourth-order valence-electron chi connectivity index (χ4n) is 1.21. The quantitative estimate of drug-likeness (QED) is 0.181. The third-order valence-corrected chi connectivity index (χ3v) is 2.04. The van der Waals surface area contributed by atoms with Crippen LogP contribution in [0.15, 0.2) is 11.4 Å². The van der Waals surface area contributed by atoms with E-state index in [2.05, 4.69) is 20.7 Å². The number of ether oxygens (including phenoxy) is 1. The van der Waals surface area contributed by atoms with Gasteiger partial charge in [0.05, 0.1) is 11.8 Å². The molecular weight excluding hydrogens is 226 g/mol. The van der Waals surface area contributed by atoms with Crippen LogP contribution in [-0.2, 0) is 9.53 Å². The maximum absolute atomic E-state index is 11.5. The molecule has 0 aliphatic carbocycles. The average molecular weight is 241 g/mol. The van der Waals surface area contributed by atoms with Crippen molar-refractivity contribution < 1.29 is 14.7 Å². The predicted octanol–water partition coefficient (Wildman–Crippen LogP) is -0.131. The number of amidine groups is 1. The van der Waals surface area contributed by atoms with Crippen LogP contribution in [0, 0.1) is 0 Å². The molecule has 0 aromatic carbocycles. The van der Waals surface area contributed by atoms with Crippen LogP contribution in [0.5, 0.6) is 0 Å². The zero-order valence-corrected chi connectivity index (χ0v) is 9.43. The lowest BCUT2D eigenvalue weighted by Crippen LogP contribution is -2.18. The molecule has 1 aromatic rings. The molecule has 0 bridgehead atoms. The van der Waals surface area contributed by atoms with Gasteiger partial charge < -0.3 is 21.0 Å². The summed E-state index contributed by atoms with van der Waals surface area (Å²) in [5.74, 6) is -0.00746. The summed E-state index contributed by atoms with van der Waals surface area (Å²) in [6.07, 6.45) is 2.30. The summed E-state index contributed by atoms with van der Waals surface area (Å²) >= 11 is 0. The van der Waals surface area contributed by atoms with E-state index in [0.717, 1.165) is 0 Å². The first-order valence-electron chi connectivity index (χ1n) is 4.99. The van der Waals surface area contributed by atoms with Crippen LogP contribution in [0.3, 0.4) is 0 Å². The molecule has 1 aromatic heterocycles. The van der Waals surface area contributed by atoms with Gasteiger partial charge in [-0.25, -0.2) is 0 Å². The van der Waals surface area contributed by atoms with E-state index < -0.39 is 0 Å². The fourth-order valence-corrected chi connectivity index (χ4v) is 1.21. The van der Waals surface area contributed by atoms with Crippen molar-refractivity contribution in [2.24, 2.45) is 10.9 Å². The van der Waals surface area contributed by atoms with E-state index in [4.69, 9.17) is 15.7 Å². The highest BCUT2D eigenvalue weighted by Crippen LogP contribution is 2.10. The van der Waals surface area contributed by atoms with Gasteiger partial charge in [0.15, 0.2) is 5.84 Å². The van der Waals surface area contributed by atoms with Gasteiger partial charge in [-0.2, -0.15) is 5.10 Å². The molecule has 8 nitrogen and oxygen atoms in total. The molecule has 94 valence electrons. The summed E-state index contributed by atoms with van der Waals surface area (Å²) in [5.41, 5.74) is 5.75. The number of nitrogens with two attached hydrogens (primary N) is 1. The number of amides is 1. The molecule has 0 atom stereocenters. The van der Waals surface area contributed by atoms with Gasteiger partial charge in [-0.15, -0.1) is 0 Å². The lowest BCUT2D eigenvalue weighted by molar-refractivity contribution is -0.116. The van der Waals surface area contributed by atoms with Gasteiger partial charge in [-0.1, -0.05) is 5.16 Å². The second kappa shape index (κ2) is 6.48. The molecule has 0 aliphatic rings. The largest absolute Gasteiger partial charge is 0.409 e. The molecule has 0 aliphatic heterocycles. The van der Waals surface area contributed by atoms with Crippen molar-refractivity contribution in [2.75, 3.05) is 19.0 Å². The van der Waals surface area contributed by atoms with Crippen LogP contribution >= 0.6 is 0 Å². The predicted molar refractivity (Wildman–Crippen MR) is 60.8 cm³/mol. The SMILES string of the molecule is COCCCC(=O)Nc1[nH]ncc1C(N)=NO. The van der Waals surface area contributed by atoms with E-state index in [9.17, 15) is 4.79 Å². The Morgan fingerprint density at radius 3 is 3.18 bits per heavy atom. The summed E-state index contributed by atoms with van der Waals surface area (Å²) in [5, 5.41) is 20.2. The zero-order valence-electron chi connectivity index (χ0n) is 9.43. The average Bonchev–Trinajstić information content (AvgIpc) is 2.76. The van der Waals surface area contributed by atoms with E-state index in [1.165, 1.54) is 6.20 Å². The molecule has 0 fully saturated rings. The minimum Gasteiger partial charge on any atom is -0.409 e. The zero-order chi connectivity index (χ0) is 12.7. The first kappa shape index (κ1) is 13.0. The summed E-state index contributed by atoms with van der Waals surface area (Å²) < 4.78 is 4.83. The highest BCUT2D eigenvalue weighted by atomic mass is 16.5. The Kier molecular flexibility index (Phi) is 4.95. The van der Waals surface area contributed by atoms with Crippen molar-refractivity contribution in [1.82, 2.24) is 10.2 Å². The van der Waals surface area contributed by atoms with Crippen molar-refractivity contribution in [1.29, 1.82) is 0 Å². The first-order chi connectivity index (χ1) is 8.19. The first-order valence-corrected chi connectivity index (χ1v) is 4.99. The number of anilines is 1. The summed E-state index contributed by atoms with van der Waals surface area (Å²) in [7, 11) is 1.57. The molecule has 17 heavy (non-hydrogen) atoms. The van der Waals surface area contributed by atoms with Crippen molar-refractivity contribution in [3.63, 3.8) is 0 Å². The number of oxime groups is 1. The van der Waals surface area contributed by atoms with E-state index in [-0.39, 0.29) is 11.7 Å². The Labute approximate surface area is 97.8 Å². The lowest BCUT2D eigenvalue weighted by Gasteiger charge is -2.04. The van der Waals surface area contributed by atoms with E-state index in [1.807, 2.05) is 0 Å². The summed E-state index contributed by atoms with van der Waals surface area (Å²) in [6.45, 7) is 0.517.